The van der Waals surface area contributed by atoms with Crippen molar-refractivity contribution in [3.05, 3.63) is 70.8 Å². The van der Waals surface area contributed by atoms with E-state index in [4.69, 9.17) is 0 Å². The van der Waals surface area contributed by atoms with Crippen molar-refractivity contribution in [1.29, 1.82) is 0 Å². The molecule has 2 aromatic rings. The van der Waals surface area contributed by atoms with E-state index in [0.717, 1.165) is 6.42 Å². The first kappa shape index (κ1) is 14.8. The zero-order valence-corrected chi connectivity index (χ0v) is 13.0. The summed E-state index contributed by atoms with van der Waals surface area (Å²) in [5.41, 5.74) is 5.41. The van der Waals surface area contributed by atoms with E-state index in [1.165, 1.54) is 22.3 Å². The molecule has 0 aliphatic carbocycles. The number of rotatable bonds is 5. The minimum Gasteiger partial charge on any atom is -0.303 e. The molecule has 0 saturated heterocycles. The maximum absolute atomic E-state index is 3.75. The molecule has 0 aliphatic rings. The SMILES string of the molecule is CCC(NC(C)c1cc(C)cc(C)c1)c1ccccc1. The van der Waals surface area contributed by atoms with Crippen LogP contribution in [-0.2, 0) is 0 Å². The van der Waals surface area contributed by atoms with Gasteiger partial charge in [-0.25, -0.2) is 0 Å². The summed E-state index contributed by atoms with van der Waals surface area (Å²) < 4.78 is 0. The molecule has 2 unspecified atom stereocenters. The lowest BCUT2D eigenvalue weighted by molar-refractivity contribution is 0.456. The lowest BCUT2D eigenvalue weighted by Crippen LogP contribution is -2.24. The van der Waals surface area contributed by atoms with Crippen LogP contribution in [0.5, 0.6) is 0 Å². The maximum Gasteiger partial charge on any atom is 0.0323 e. The van der Waals surface area contributed by atoms with Crippen LogP contribution < -0.4 is 5.32 Å². The van der Waals surface area contributed by atoms with Crippen molar-refractivity contribution < 1.29 is 0 Å². The van der Waals surface area contributed by atoms with E-state index in [-0.39, 0.29) is 0 Å². The molecule has 20 heavy (non-hydrogen) atoms. The molecule has 106 valence electrons. The van der Waals surface area contributed by atoms with Gasteiger partial charge in [-0.15, -0.1) is 0 Å². The molecule has 0 bridgehead atoms. The Morgan fingerprint density at radius 1 is 0.900 bits per heavy atom. The first-order valence-electron chi connectivity index (χ1n) is 7.49. The molecule has 0 saturated carbocycles. The monoisotopic (exact) mass is 267 g/mol. The van der Waals surface area contributed by atoms with Gasteiger partial charge in [0, 0.05) is 12.1 Å². The average Bonchev–Trinajstić information content (AvgIpc) is 2.44. The summed E-state index contributed by atoms with van der Waals surface area (Å²) in [6, 6.07) is 18.3. The predicted molar refractivity (Wildman–Crippen MR) is 86.9 cm³/mol. The Kier molecular flexibility index (Phi) is 4.97. The third-order valence-electron chi connectivity index (χ3n) is 3.81. The summed E-state index contributed by atoms with van der Waals surface area (Å²) in [4.78, 5) is 0. The van der Waals surface area contributed by atoms with Crippen LogP contribution in [0.4, 0.5) is 0 Å². The lowest BCUT2D eigenvalue weighted by atomic mass is 9.99. The van der Waals surface area contributed by atoms with E-state index in [0.29, 0.717) is 12.1 Å². The zero-order chi connectivity index (χ0) is 14.5. The highest BCUT2D eigenvalue weighted by atomic mass is 14.9. The van der Waals surface area contributed by atoms with Gasteiger partial charge in [-0.3, -0.25) is 0 Å². The normalized spacial score (nSPS) is 14.0. The van der Waals surface area contributed by atoms with Gasteiger partial charge >= 0.3 is 0 Å². The van der Waals surface area contributed by atoms with Crippen molar-refractivity contribution >= 4 is 0 Å². The third kappa shape index (κ3) is 3.71. The summed E-state index contributed by atoms with van der Waals surface area (Å²) in [5.74, 6) is 0. The van der Waals surface area contributed by atoms with Crippen LogP contribution in [0.2, 0.25) is 0 Å². The Morgan fingerprint density at radius 2 is 1.50 bits per heavy atom. The molecular weight excluding hydrogens is 242 g/mol. The predicted octanol–water partition coefficient (Wildman–Crippen LogP) is 5.11. The van der Waals surface area contributed by atoms with E-state index in [1.807, 2.05) is 0 Å². The fourth-order valence-electron chi connectivity index (χ4n) is 2.79. The van der Waals surface area contributed by atoms with Crippen molar-refractivity contribution in [2.24, 2.45) is 0 Å². The van der Waals surface area contributed by atoms with Crippen LogP contribution in [0.25, 0.3) is 0 Å². The van der Waals surface area contributed by atoms with E-state index in [2.05, 4.69) is 81.5 Å². The standard InChI is InChI=1S/C19H25N/c1-5-19(17-9-7-6-8-10-17)20-16(4)18-12-14(2)11-15(3)13-18/h6-13,16,19-20H,5H2,1-4H3. The highest BCUT2D eigenvalue weighted by Gasteiger charge is 2.13. The van der Waals surface area contributed by atoms with Gasteiger partial charge in [0.2, 0.25) is 0 Å². The molecular formula is C19H25N. The Balaban J connectivity index is 2.15. The van der Waals surface area contributed by atoms with Crippen LogP contribution in [-0.4, -0.2) is 0 Å². The first-order valence-corrected chi connectivity index (χ1v) is 7.49. The molecule has 0 aromatic heterocycles. The molecule has 2 atom stereocenters. The smallest absolute Gasteiger partial charge is 0.0323 e. The summed E-state index contributed by atoms with van der Waals surface area (Å²) >= 11 is 0. The minimum atomic E-state index is 0.360. The third-order valence-corrected chi connectivity index (χ3v) is 3.81. The fraction of sp³-hybridized carbons (Fsp3) is 0.368. The van der Waals surface area contributed by atoms with Gasteiger partial charge in [0.1, 0.15) is 0 Å². The molecule has 0 spiro atoms. The molecule has 1 nitrogen and oxygen atoms in total. The maximum atomic E-state index is 3.75. The lowest BCUT2D eigenvalue weighted by Gasteiger charge is -2.23. The Bertz CT molecular complexity index is 525. The molecule has 2 rings (SSSR count). The number of hydrogen-bond donors (Lipinski definition) is 1. The van der Waals surface area contributed by atoms with E-state index in [9.17, 15) is 0 Å². The molecule has 0 heterocycles. The van der Waals surface area contributed by atoms with Gasteiger partial charge in [-0.2, -0.15) is 0 Å². The summed E-state index contributed by atoms with van der Waals surface area (Å²) in [7, 11) is 0. The zero-order valence-electron chi connectivity index (χ0n) is 13.0. The number of nitrogens with one attached hydrogen (secondary N) is 1. The number of benzene rings is 2. The van der Waals surface area contributed by atoms with Gasteiger partial charge in [0.15, 0.2) is 0 Å². The van der Waals surface area contributed by atoms with Gasteiger partial charge in [0.05, 0.1) is 0 Å². The second kappa shape index (κ2) is 6.71. The second-order valence-corrected chi connectivity index (χ2v) is 5.68. The highest BCUT2D eigenvalue weighted by molar-refractivity contribution is 5.31. The van der Waals surface area contributed by atoms with Crippen LogP contribution in [0.15, 0.2) is 48.5 Å². The minimum absolute atomic E-state index is 0.360. The number of hydrogen-bond acceptors (Lipinski definition) is 1. The van der Waals surface area contributed by atoms with Gasteiger partial charge in [-0.05, 0) is 38.3 Å². The molecule has 0 amide bonds. The van der Waals surface area contributed by atoms with Crippen molar-refractivity contribution in [3.63, 3.8) is 0 Å². The molecule has 0 aliphatic heterocycles. The van der Waals surface area contributed by atoms with E-state index >= 15 is 0 Å². The van der Waals surface area contributed by atoms with Gasteiger partial charge in [-0.1, -0.05) is 66.6 Å². The van der Waals surface area contributed by atoms with Crippen LogP contribution in [0.3, 0.4) is 0 Å². The van der Waals surface area contributed by atoms with Crippen molar-refractivity contribution in [2.45, 2.75) is 46.2 Å². The van der Waals surface area contributed by atoms with Crippen LogP contribution in [0, 0.1) is 13.8 Å². The van der Waals surface area contributed by atoms with Crippen molar-refractivity contribution in [2.75, 3.05) is 0 Å². The van der Waals surface area contributed by atoms with Crippen molar-refractivity contribution in [1.82, 2.24) is 5.32 Å². The molecule has 0 radical (unpaired) electrons. The summed E-state index contributed by atoms with van der Waals surface area (Å²) in [5, 5.41) is 3.75. The van der Waals surface area contributed by atoms with E-state index < -0.39 is 0 Å². The summed E-state index contributed by atoms with van der Waals surface area (Å²) in [6.45, 7) is 8.81. The highest BCUT2D eigenvalue weighted by Crippen LogP contribution is 2.23. The van der Waals surface area contributed by atoms with Gasteiger partial charge < -0.3 is 5.32 Å². The van der Waals surface area contributed by atoms with Crippen molar-refractivity contribution in [3.8, 4) is 0 Å². The molecule has 1 N–H and O–H groups in total. The van der Waals surface area contributed by atoms with Gasteiger partial charge in [0.25, 0.3) is 0 Å². The average molecular weight is 267 g/mol. The quantitative estimate of drug-likeness (QED) is 0.794. The van der Waals surface area contributed by atoms with E-state index in [1.54, 1.807) is 0 Å². The first-order chi connectivity index (χ1) is 9.60. The van der Waals surface area contributed by atoms with Crippen LogP contribution in [0.1, 0.15) is 54.6 Å². The topological polar surface area (TPSA) is 12.0 Å². The largest absolute Gasteiger partial charge is 0.303 e. The Labute approximate surface area is 123 Å². The Morgan fingerprint density at radius 3 is 2.05 bits per heavy atom. The molecule has 1 heteroatoms. The molecule has 2 aromatic carbocycles. The van der Waals surface area contributed by atoms with Crippen LogP contribution >= 0.6 is 0 Å². The second-order valence-electron chi connectivity index (χ2n) is 5.68. The number of aryl methyl sites for hydroxylation is 2. The molecule has 0 fully saturated rings. The fourth-order valence-corrected chi connectivity index (χ4v) is 2.79. The summed E-state index contributed by atoms with van der Waals surface area (Å²) in [6.07, 6.45) is 1.10. The Hall–Kier alpha value is -1.60.